The molecule has 7 heteroatoms. The molecule has 0 amide bonds. The zero-order chi connectivity index (χ0) is 14.6. The topological polar surface area (TPSA) is 79.5 Å². The highest BCUT2D eigenvalue weighted by Crippen LogP contribution is 2.25. The van der Waals surface area contributed by atoms with Gasteiger partial charge in [-0.1, -0.05) is 30.3 Å². The van der Waals surface area contributed by atoms with E-state index in [-0.39, 0.29) is 21.9 Å². The van der Waals surface area contributed by atoms with E-state index in [0.717, 1.165) is 5.56 Å². The fourth-order valence-electron chi connectivity index (χ4n) is 1.71. The second-order valence-electron chi connectivity index (χ2n) is 4.14. The summed E-state index contributed by atoms with van der Waals surface area (Å²) in [6.45, 7) is -0.0590. The minimum atomic E-state index is -3.65. The van der Waals surface area contributed by atoms with Crippen LogP contribution in [0.1, 0.15) is 11.3 Å². The van der Waals surface area contributed by atoms with Crippen molar-refractivity contribution in [3.05, 3.63) is 52.4 Å². The van der Waals surface area contributed by atoms with Crippen molar-refractivity contribution in [2.45, 2.75) is 17.9 Å². The second kappa shape index (κ2) is 6.53. The molecule has 1 aromatic carbocycles. The van der Waals surface area contributed by atoms with E-state index >= 15 is 0 Å². The van der Waals surface area contributed by atoms with Gasteiger partial charge in [-0.3, -0.25) is 0 Å². The highest BCUT2D eigenvalue weighted by molar-refractivity contribution is 9.10. The number of furan rings is 1. The number of benzene rings is 1. The van der Waals surface area contributed by atoms with Crippen LogP contribution < -0.4 is 4.72 Å². The molecule has 0 aliphatic rings. The SMILES string of the molecule is O=S(=O)(NCCc1ccccc1)c1cc(CO)oc1Br. The van der Waals surface area contributed by atoms with Crippen LogP contribution in [0.5, 0.6) is 0 Å². The highest BCUT2D eigenvalue weighted by atomic mass is 79.9. The van der Waals surface area contributed by atoms with Crippen LogP contribution in [0.3, 0.4) is 0 Å². The standard InChI is InChI=1S/C13H14BrNO4S/c14-13-12(8-11(9-16)19-13)20(17,18)15-7-6-10-4-2-1-3-5-10/h1-5,8,15-16H,6-7,9H2. The molecule has 2 aromatic rings. The van der Waals surface area contributed by atoms with E-state index in [9.17, 15) is 8.42 Å². The molecule has 0 bridgehead atoms. The van der Waals surface area contributed by atoms with E-state index in [1.165, 1.54) is 6.07 Å². The minimum Gasteiger partial charge on any atom is -0.450 e. The predicted octanol–water partition coefficient (Wildman–Crippen LogP) is 2.06. The Balaban J connectivity index is 2.02. The number of halogens is 1. The molecule has 2 rings (SSSR count). The third kappa shape index (κ3) is 3.69. The first kappa shape index (κ1) is 15.2. The van der Waals surface area contributed by atoms with Gasteiger partial charge in [-0.15, -0.1) is 0 Å². The van der Waals surface area contributed by atoms with Gasteiger partial charge in [0.25, 0.3) is 0 Å². The quantitative estimate of drug-likeness (QED) is 0.827. The first-order chi connectivity index (χ1) is 9.53. The highest BCUT2D eigenvalue weighted by Gasteiger charge is 2.21. The molecule has 2 N–H and O–H groups in total. The van der Waals surface area contributed by atoms with Gasteiger partial charge in [0.1, 0.15) is 17.3 Å². The Kier molecular flexibility index (Phi) is 4.98. The lowest BCUT2D eigenvalue weighted by atomic mass is 10.2. The van der Waals surface area contributed by atoms with Crippen molar-refractivity contribution in [1.82, 2.24) is 4.72 Å². The van der Waals surface area contributed by atoms with Gasteiger partial charge in [0.2, 0.25) is 10.0 Å². The molecule has 1 heterocycles. The van der Waals surface area contributed by atoms with Crippen molar-refractivity contribution in [1.29, 1.82) is 0 Å². The monoisotopic (exact) mass is 359 g/mol. The molecule has 0 unspecified atom stereocenters. The van der Waals surface area contributed by atoms with Crippen molar-refractivity contribution < 1.29 is 17.9 Å². The number of hydrogen-bond acceptors (Lipinski definition) is 4. The predicted molar refractivity (Wildman–Crippen MR) is 77.7 cm³/mol. The Labute approximate surface area is 125 Å². The van der Waals surface area contributed by atoms with E-state index in [0.29, 0.717) is 13.0 Å². The average molecular weight is 360 g/mol. The maximum Gasteiger partial charge on any atom is 0.244 e. The minimum absolute atomic E-state index is 0.00499. The fraction of sp³-hybridized carbons (Fsp3) is 0.231. The van der Waals surface area contributed by atoms with Crippen LogP contribution in [0, 0.1) is 0 Å². The Hall–Kier alpha value is -1.15. The zero-order valence-electron chi connectivity index (χ0n) is 10.5. The lowest BCUT2D eigenvalue weighted by molar-refractivity contribution is 0.245. The van der Waals surface area contributed by atoms with Crippen LogP contribution in [0.15, 0.2) is 50.4 Å². The number of nitrogens with one attached hydrogen (secondary N) is 1. The third-order valence-electron chi connectivity index (χ3n) is 2.70. The number of hydrogen-bond donors (Lipinski definition) is 2. The molecule has 0 saturated carbocycles. The van der Waals surface area contributed by atoms with Crippen molar-refractivity contribution >= 4 is 26.0 Å². The first-order valence-electron chi connectivity index (χ1n) is 5.95. The van der Waals surface area contributed by atoms with Gasteiger partial charge in [0.15, 0.2) is 4.67 Å². The fourth-order valence-corrected chi connectivity index (χ4v) is 3.74. The van der Waals surface area contributed by atoms with Gasteiger partial charge in [-0.2, -0.15) is 0 Å². The average Bonchev–Trinajstić information content (AvgIpc) is 2.82. The summed E-state index contributed by atoms with van der Waals surface area (Å²) < 4.78 is 31.8. The van der Waals surface area contributed by atoms with Crippen molar-refractivity contribution in [3.8, 4) is 0 Å². The van der Waals surface area contributed by atoms with Crippen LogP contribution in [0.2, 0.25) is 0 Å². The number of aliphatic hydroxyl groups is 1. The smallest absolute Gasteiger partial charge is 0.244 e. The van der Waals surface area contributed by atoms with Crippen molar-refractivity contribution in [2.75, 3.05) is 6.54 Å². The summed E-state index contributed by atoms with van der Waals surface area (Å²) in [6.07, 6.45) is 0.600. The molecule has 1 aromatic heterocycles. The van der Waals surface area contributed by atoms with Crippen LogP contribution in [0.4, 0.5) is 0 Å². The summed E-state index contributed by atoms with van der Waals surface area (Å²) in [5.41, 5.74) is 1.05. The van der Waals surface area contributed by atoms with Gasteiger partial charge >= 0.3 is 0 Å². The van der Waals surface area contributed by atoms with Gasteiger partial charge in [0, 0.05) is 12.6 Å². The summed E-state index contributed by atoms with van der Waals surface area (Å²) in [5.74, 6) is 0.195. The molecular formula is C13H14BrNO4S. The normalized spacial score (nSPS) is 11.7. The Morgan fingerprint density at radius 2 is 1.95 bits per heavy atom. The van der Waals surface area contributed by atoms with Gasteiger partial charge in [0.05, 0.1) is 0 Å². The van der Waals surface area contributed by atoms with Crippen LogP contribution in [0.25, 0.3) is 0 Å². The number of aliphatic hydroxyl groups excluding tert-OH is 1. The molecule has 0 atom stereocenters. The Bertz CT molecular complexity index is 667. The Morgan fingerprint density at radius 1 is 1.25 bits per heavy atom. The first-order valence-corrected chi connectivity index (χ1v) is 8.23. The molecule has 20 heavy (non-hydrogen) atoms. The molecule has 0 radical (unpaired) electrons. The zero-order valence-corrected chi connectivity index (χ0v) is 12.9. The lowest BCUT2D eigenvalue weighted by Gasteiger charge is -2.05. The molecule has 0 fully saturated rings. The van der Waals surface area contributed by atoms with Crippen LogP contribution >= 0.6 is 15.9 Å². The van der Waals surface area contributed by atoms with Gasteiger partial charge in [-0.25, -0.2) is 13.1 Å². The number of sulfonamides is 1. The maximum atomic E-state index is 12.1. The summed E-state index contributed by atoms with van der Waals surface area (Å²) in [7, 11) is -3.65. The Morgan fingerprint density at radius 3 is 2.55 bits per heavy atom. The van der Waals surface area contributed by atoms with E-state index in [4.69, 9.17) is 9.52 Å². The van der Waals surface area contributed by atoms with Gasteiger partial charge in [-0.05, 0) is 27.9 Å². The summed E-state index contributed by atoms with van der Waals surface area (Å²) in [5, 5.41) is 8.94. The molecule has 0 spiro atoms. The molecule has 108 valence electrons. The largest absolute Gasteiger partial charge is 0.450 e. The lowest BCUT2D eigenvalue weighted by Crippen LogP contribution is -2.25. The van der Waals surface area contributed by atoms with E-state index in [2.05, 4.69) is 20.7 Å². The van der Waals surface area contributed by atoms with Gasteiger partial charge < -0.3 is 9.52 Å². The van der Waals surface area contributed by atoms with Crippen LogP contribution in [-0.4, -0.2) is 20.1 Å². The molecular weight excluding hydrogens is 346 g/mol. The van der Waals surface area contributed by atoms with E-state index in [1.807, 2.05) is 30.3 Å². The van der Waals surface area contributed by atoms with E-state index in [1.54, 1.807) is 0 Å². The number of rotatable bonds is 6. The molecule has 0 aliphatic heterocycles. The molecule has 0 aliphatic carbocycles. The van der Waals surface area contributed by atoms with E-state index < -0.39 is 10.0 Å². The summed E-state index contributed by atoms with van der Waals surface area (Å²) in [4.78, 5) is -0.00499. The molecule has 0 saturated heterocycles. The van der Waals surface area contributed by atoms with Crippen LogP contribution in [-0.2, 0) is 23.1 Å². The second-order valence-corrected chi connectivity index (χ2v) is 6.60. The summed E-state index contributed by atoms with van der Waals surface area (Å²) in [6, 6.07) is 10.9. The summed E-state index contributed by atoms with van der Waals surface area (Å²) >= 11 is 3.03. The van der Waals surface area contributed by atoms with Crippen molar-refractivity contribution in [2.24, 2.45) is 0 Å². The van der Waals surface area contributed by atoms with Crippen molar-refractivity contribution in [3.63, 3.8) is 0 Å². The third-order valence-corrected chi connectivity index (χ3v) is 5.02. The maximum absolute atomic E-state index is 12.1. The molecule has 5 nitrogen and oxygen atoms in total.